The van der Waals surface area contributed by atoms with Gasteiger partial charge in [-0.15, -0.1) is 0 Å². The van der Waals surface area contributed by atoms with E-state index in [1.54, 1.807) is 6.07 Å². The second kappa shape index (κ2) is 6.31. The van der Waals surface area contributed by atoms with Crippen molar-refractivity contribution in [2.45, 2.75) is 40.3 Å². The lowest BCUT2D eigenvalue weighted by Gasteiger charge is -2.19. The molecule has 21 heavy (non-hydrogen) atoms. The molecule has 2 aromatic rings. The molecule has 0 spiro atoms. The SMILES string of the molecule is Cc1cc(C)c(C(C)NCc2ccc(F)c(F)c2)c(C)n1. The predicted molar refractivity (Wildman–Crippen MR) is 80.1 cm³/mol. The molecule has 0 saturated heterocycles. The van der Waals surface area contributed by atoms with Crippen LogP contribution in [0.25, 0.3) is 0 Å². The molecule has 4 heteroatoms. The summed E-state index contributed by atoms with van der Waals surface area (Å²) < 4.78 is 26.1. The second-order valence-electron chi connectivity index (χ2n) is 5.43. The summed E-state index contributed by atoms with van der Waals surface area (Å²) in [5.41, 5.74) is 5.06. The second-order valence-corrected chi connectivity index (χ2v) is 5.43. The van der Waals surface area contributed by atoms with Gasteiger partial charge in [0, 0.05) is 24.0 Å². The van der Waals surface area contributed by atoms with E-state index < -0.39 is 11.6 Å². The number of hydrogen-bond donors (Lipinski definition) is 1. The van der Waals surface area contributed by atoms with Crippen LogP contribution in [0, 0.1) is 32.4 Å². The minimum absolute atomic E-state index is 0.0891. The average molecular weight is 290 g/mol. The fraction of sp³-hybridized carbons (Fsp3) is 0.353. The van der Waals surface area contributed by atoms with Crippen LogP contribution in [0.5, 0.6) is 0 Å². The molecular formula is C17H20F2N2. The van der Waals surface area contributed by atoms with E-state index in [4.69, 9.17) is 0 Å². The van der Waals surface area contributed by atoms with Crippen LogP contribution in [0.4, 0.5) is 8.78 Å². The van der Waals surface area contributed by atoms with Crippen molar-refractivity contribution in [1.29, 1.82) is 0 Å². The third-order valence-electron chi connectivity index (χ3n) is 3.61. The Morgan fingerprint density at radius 2 is 1.81 bits per heavy atom. The number of aromatic nitrogens is 1. The third kappa shape index (κ3) is 3.64. The number of halogens is 2. The molecule has 0 aliphatic carbocycles. The van der Waals surface area contributed by atoms with E-state index in [0.717, 1.165) is 28.6 Å². The molecular weight excluding hydrogens is 270 g/mol. The van der Waals surface area contributed by atoms with Gasteiger partial charge in [0.2, 0.25) is 0 Å². The summed E-state index contributed by atoms with van der Waals surface area (Å²) in [5.74, 6) is -1.63. The third-order valence-corrected chi connectivity index (χ3v) is 3.61. The van der Waals surface area contributed by atoms with Crippen LogP contribution in [0.15, 0.2) is 24.3 Å². The van der Waals surface area contributed by atoms with Crippen molar-refractivity contribution >= 4 is 0 Å². The van der Waals surface area contributed by atoms with Gasteiger partial charge in [0.1, 0.15) is 0 Å². The first-order valence-electron chi connectivity index (χ1n) is 7.00. The van der Waals surface area contributed by atoms with Crippen molar-refractivity contribution in [3.05, 3.63) is 64.0 Å². The van der Waals surface area contributed by atoms with Crippen LogP contribution in [-0.2, 0) is 6.54 Å². The number of rotatable bonds is 4. The zero-order valence-electron chi connectivity index (χ0n) is 12.8. The Hall–Kier alpha value is -1.81. The first-order chi connectivity index (χ1) is 9.88. The molecule has 112 valence electrons. The Labute approximate surface area is 124 Å². The Balaban J connectivity index is 2.11. The Morgan fingerprint density at radius 1 is 1.10 bits per heavy atom. The highest BCUT2D eigenvalue weighted by atomic mass is 19.2. The van der Waals surface area contributed by atoms with E-state index in [2.05, 4.69) is 23.3 Å². The molecule has 2 nitrogen and oxygen atoms in total. The first-order valence-corrected chi connectivity index (χ1v) is 7.00. The summed E-state index contributed by atoms with van der Waals surface area (Å²) in [5, 5.41) is 3.33. The van der Waals surface area contributed by atoms with Crippen molar-refractivity contribution in [2.75, 3.05) is 0 Å². The lowest BCUT2D eigenvalue weighted by Crippen LogP contribution is -2.20. The van der Waals surface area contributed by atoms with Crippen LogP contribution in [0.2, 0.25) is 0 Å². The van der Waals surface area contributed by atoms with Gasteiger partial charge in [0.15, 0.2) is 11.6 Å². The van der Waals surface area contributed by atoms with Crippen molar-refractivity contribution in [2.24, 2.45) is 0 Å². The molecule has 1 N–H and O–H groups in total. The number of aryl methyl sites for hydroxylation is 3. The molecule has 0 amide bonds. The lowest BCUT2D eigenvalue weighted by atomic mass is 10.00. The molecule has 1 unspecified atom stereocenters. The largest absolute Gasteiger partial charge is 0.306 e. The quantitative estimate of drug-likeness (QED) is 0.915. The van der Waals surface area contributed by atoms with Crippen LogP contribution in [-0.4, -0.2) is 4.98 Å². The van der Waals surface area contributed by atoms with Crippen LogP contribution in [0.3, 0.4) is 0 Å². The number of benzene rings is 1. The summed E-state index contributed by atoms with van der Waals surface area (Å²) in [6.07, 6.45) is 0. The number of hydrogen-bond acceptors (Lipinski definition) is 2. The van der Waals surface area contributed by atoms with Gasteiger partial charge in [-0.1, -0.05) is 6.07 Å². The smallest absolute Gasteiger partial charge is 0.159 e. The molecule has 0 aliphatic heterocycles. The fourth-order valence-electron chi connectivity index (χ4n) is 2.71. The summed E-state index contributed by atoms with van der Waals surface area (Å²) in [6.45, 7) is 8.55. The van der Waals surface area contributed by atoms with Crippen LogP contribution < -0.4 is 5.32 Å². The standard InChI is InChI=1S/C17H20F2N2/c1-10-7-11(2)21-13(4)17(10)12(3)20-9-14-5-6-15(18)16(19)8-14/h5-8,12,20H,9H2,1-4H3. The van der Waals surface area contributed by atoms with E-state index in [1.165, 1.54) is 11.6 Å². The summed E-state index contributed by atoms with van der Waals surface area (Å²) in [4.78, 5) is 4.49. The van der Waals surface area contributed by atoms with E-state index in [-0.39, 0.29) is 6.04 Å². The molecule has 1 atom stereocenters. The normalized spacial score (nSPS) is 12.5. The number of nitrogens with zero attached hydrogens (tertiary/aromatic N) is 1. The van der Waals surface area contributed by atoms with E-state index in [9.17, 15) is 8.78 Å². The molecule has 1 heterocycles. The van der Waals surface area contributed by atoms with Crippen molar-refractivity contribution in [3.63, 3.8) is 0 Å². The number of nitrogens with one attached hydrogen (secondary N) is 1. The highest BCUT2D eigenvalue weighted by Gasteiger charge is 2.13. The molecule has 0 bridgehead atoms. The fourth-order valence-corrected chi connectivity index (χ4v) is 2.71. The highest BCUT2D eigenvalue weighted by Crippen LogP contribution is 2.21. The zero-order valence-corrected chi connectivity index (χ0v) is 12.8. The Bertz CT molecular complexity index is 630. The maximum Gasteiger partial charge on any atom is 0.159 e. The van der Waals surface area contributed by atoms with E-state index in [1.807, 2.05) is 20.8 Å². The van der Waals surface area contributed by atoms with Gasteiger partial charge in [-0.2, -0.15) is 0 Å². The first kappa shape index (κ1) is 15.6. The summed E-state index contributed by atoms with van der Waals surface area (Å²) >= 11 is 0. The molecule has 2 rings (SSSR count). The van der Waals surface area contributed by atoms with Gasteiger partial charge in [-0.05, 0) is 62.6 Å². The molecule has 0 saturated carbocycles. The van der Waals surface area contributed by atoms with E-state index in [0.29, 0.717) is 6.54 Å². The maximum atomic E-state index is 13.2. The van der Waals surface area contributed by atoms with E-state index >= 15 is 0 Å². The molecule has 0 radical (unpaired) electrons. The van der Waals surface area contributed by atoms with Gasteiger partial charge in [0.05, 0.1) is 0 Å². The minimum atomic E-state index is -0.818. The van der Waals surface area contributed by atoms with Gasteiger partial charge >= 0.3 is 0 Å². The highest BCUT2D eigenvalue weighted by molar-refractivity contribution is 5.33. The Morgan fingerprint density at radius 3 is 2.43 bits per heavy atom. The van der Waals surface area contributed by atoms with Crippen molar-refractivity contribution < 1.29 is 8.78 Å². The van der Waals surface area contributed by atoms with Crippen molar-refractivity contribution in [1.82, 2.24) is 10.3 Å². The van der Waals surface area contributed by atoms with Gasteiger partial charge in [-0.3, -0.25) is 4.98 Å². The topological polar surface area (TPSA) is 24.9 Å². The van der Waals surface area contributed by atoms with Crippen LogP contribution >= 0.6 is 0 Å². The zero-order chi connectivity index (χ0) is 15.6. The maximum absolute atomic E-state index is 13.2. The van der Waals surface area contributed by atoms with Gasteiger partial charge in [0.25, 0.3) is 0 Å². The summed E-state index contributed by atoms with van der Waals surface area (Å²) in [7, 11) is 0. The van der Waals surface area contributed by atoms with Gasteiger partial charge < -0.3 is 5.32 Å². The predicted octanol–water partition coefficient (Wildman–Crippen LogP) is 4.14. The monoisotopic (exact) mass is 290 g/mol. The Kier molecular flexibility index (Phi) is 4.68. The minimum Gasteiger partial charge on any atom is -0.306 e. The number of pyridine rings is 1. The molecule has 1 aromatic heterocycles. The average Bonchev–Trinajstić information content (AvgIpc) is 2.39. The summed E-state index contributed by atoms with van der Waals surface area (Å²) in [6, 6.07) is 6.11. The molecule has 0 aliphatic rings. The lowest BCUT2D eigenvalue weighted by molar-refractivity contribution is 0.503. The van der Waals surface area contributed by atoms with Crippen LogP contribution in [0.1, 0.15) is 41.0 Å². The molecule has 1 aromatic carbocycles. The van der Waals surface area contributed by atoms with Gasteiger partial charge in [-0.25, -0.2) is 8.78 Å². The van der Waals surface area contributed by atoms with Crippen molar-refractivity contribution in [3.8, 4) is 0 Å². The molecule has 0 fully saturated rings.